The zero-order chi connectivity index (χ0) is 23.8. The highest BCUT2D eigenvalue weighted by Crippen LogP contribution is 2.36. The van der Waals surface area contributed by atoms with E-state index in [1.54, 1.807) is 51.3 Å². The number of anilines is 2. The molecule has 2 atom stereocenters. The number of hydrogen-bond donors (Lipinski definition) is 2. The van der Waals surface area contributed by atoms with Crippen LogP contribution in [0.15, 0.2) is 41.3 Å². The fraction of sp³-hybridized carbons (Fsp3) is 0.391. The second-order valence-electron chi connectivity index (χ2n) is 8.28. The summed E-state index contributed by atoms with van der Waals surface area (Å²) in [5.74, 6) is 0.0313. The van der Waals surface area contributed by atoms with Gasteiger partial charge >= 0.3 is 0 Å². The van der Waals surface area contributed by atoms with Crippen LogP contribution in [0, 0.1) is 12.8 Å². The molecule has 1 saturated heterocycles. The number of rotatable bonds is 5. The Kier molecular flexibility index (Phi) is 6.31. The lowest BCUT2D eigenvalue weighted by molar-refractivity contribution is -0.123. The van der Waals surface area contributed by atoms with Crippen molar-refractivity contribution in [3.63, 3.8) is 0 Å². The first kappa shape index (κ1) is 23.1. The van der Waals surface area contributed by atoms with Crippen LogP contribution in [0.25, 0.3) is 0 Å². The Morgan fingerprint density at radius 2 is 1.97 bits per heavy atom. The van der Waals surface area contributed by atoms with E-state index in [1.807, 2.05) is 0 Å². The number of benzene rings is 2. The van der Waals surface area contributed by atoms with E-state index in [1.165, 1.54) is 10.4 Å². The fourth-order valence-corrected chi connectivity index (χ4v) is 5.80. The van der Waals surface area contributed by atoms with Crippen molar-refractivity contribution >= 4 is 33.2 Å². The maximum Gasteiger partial charge on any atom is 0.265 e. The number of piperidine rings is 1. The monoisotopic (exact) mass is 473 g/mol. The fourth-order valence-electron chi connectivity index (χ4n) is 4.05. The molecule has 9 nitrogen and oxygen atoms in total. The number of ether oxygens (including phenoxy) is 2. The molecule has 0 saturated carbocycles. The molecule has 2 heterocycles. The number of carbonyl (C=O) groups is 2. The third kappa shape index (κ3) is 4.67. The Hall–Kier alpha value is -3.11. The van der Waals surface area contributed by atoms with Crippen LogP contribution >= 0.6 is 0 Å². The van der Waals surface area contributed by atoms with Crippen molar-refractivity contribution < 1.29 is 27.5 Å². The highest BCUT2D eigenvalue weighted by atomic mass is 32.2. The summed E-state index contributed by atoms with van der Waals surface area (Å²) in [6, 6.07) is 10.0. The molecule has 1 fully saturated rings. The zero-order valence-corrected chi connectivity index (χ0v) is 19.6. The van der Waals surface area contributed by atoms with Crippen LogP contribution in [0.5, 0.6) is 11.5 Å². The number of nitrogens with one attached hydrogen (secondary N) is 2. The second-order valence-corrected chi connectivity index (χ2v) is 10.2. The van der Waals surface area contributed by atoms with E-state index >= 15 is 0 Å². The van der Waals surface area contributed by atoms with E-state index in [4.69, 9.17) is 9.47 Å². The Balaban J connectivity index is 1.52. The first-order valence-corrected chi connectivity index (χ1v) is 12.2. The smallest absolute Gasteiger partial charge is 0.265 e. The lowest BCUT2D eigenvalue weighted by atomic mass is 9.99. The number of hydrogen-bond acceptors (Lipinski definition) is 6. The Bertz CT molecular complexity index is 1180. The molecule has 10 heteroatoms. The molecular formula is C23H27N3O6S. The third-order valence-electron chi connectivity index (χ3n) is 5.94. The molecule has 0 aromatic heterocycles. The van der Waals surface area contributed by atoms with Gasteiger partial charge in [0.2, 0.25) is 15.9 Å². The molecule has 0 aliphatic carbocycles. The average Bonchev–Trinajstić information content (AvgIpc) is 2.80. The molecule has 0 bridgehead atoms. The van der Waals surface area contributed by atoms with Gasteiger partial charge in [0.15, 0.2) is 6.10 Å². The van der Waals surface area contributed by atoms with E-state index in [9.17, 15) is 18.0 Å². The zero-order valence-electron chi connectivity index (χ0n) is 18.8. The minimum Gasteiger partial charge on any atom is -0.497 e. The highest BCUT2D eigenvalue weighted by Gasteiger charge is 2.35. The number of fused-ring (bicyclic) bond motifs is 1. The number of amides is 2. The number of methoxy groups -OCH3 is 1. The largest absolute Gasteiger partial charge is 0.497 e. The number of aryl methyl sites for hydroxylation is 1. The Labute approximate surface area is 193 Å². The van der Waals surface area contributed by atoms with Crippen molar-refractivity contribution in [3.05, 3.63) is 42.0 Å². The SMILES string of the molecule is COc1ccc(NC(=O)[C@@H]2CCCN(S(=O)(=O)c3cc4c(cc3C)NC(=O)[C@@H](C)O4)C2)cc1. The summed E-state index contributed by atoms with van der Waals surface area (Å²) in [6.07, 6.45) is 0.467. The van der Waals surface area contributed by atoms with Gasteiger partial charge in [0, 0.05) is 24.8 Å². The van der Waals surface area contributed by atoms with Crippen LogP contribution in [0.4, 0.5) is 11.4 Å². The summed E-state index contributed by atoms with van der Waals surface area (Å²) in [7, 11) is -2.29. The Morgan fingerprint density at radius 3 is 2.67 bits per heavy atom. The van der Waals surface area contributed by atoms with Gasteiger partial charge in [-0.1, -0.05) is 0 Å². The van der Waals surface area contributed by atoms with Crippen molar-refractivity contribution in [2.45, 2.75) is 37.7 Å². The Morgan fingerprint density at radius 1 is 1.24 bits per heavy atom. The van der Waals surface area contributed by atoms with Crippen molar-refractivity contribution in [3.8, 4) is 11.5 Å². The van der Waals surface area contributed by atoms with Crippen molar-refractivity contribution in [1.82, 2.24) is 4.31 Å². The summed E-state index contributed by atoms with van der Waals surface area (Å²) in [5.41, 5.74) is 1.57. The van der Waals surface area contributed by atoms with Crippen molar-refractivity contribution in [2.24, 2.45) is 5.92 Å². The van der Waals surface area contributed by atoms with Gasteiger partial charge in [-0.05, 0) is 62.6 Å². The molecule has 0 unspecified atom stereocenters. The molecule has 176 valence electrons. The maximum atomic E-state index is 13.5. The summed E-state index contributed by atoms with van der Waals surface area (Å²) >= 11 is 0. The minimum absolute atomic E-state index is 0.0921. The van der Waals surface area contributed by atoms with Crippen LogP contribution < -0.4 is 20.1 Å². The van der Waals surface area contributed by atoms with Gasteiger partial charge < -0.3 is 20.1 Å². The van der Waals surface area contributed by atoms with Gasteiger partial charge in [0.25, 0.3) is 5.91 Å². The van der Waals surface area contributed by atoms with Gasteiger partial charge in [0.05, 0.1) is 23.6 Å². The highest BCUT2D eigenvalue weighted by molar-refractivity contribution is 7.89. The van der Waals surface area contributed by atoms with E-state index in [-0.39, 0.29) is 23.3 Å². The number of nitrogens with zero attached hydrogens (tertiary/aromatic N) is 1. The van der Waals surface area contributed by atoms with Crippen LogP contribution in [-0.4, -0.2) is 50.8 Å². The lowest BCUT2D eigenvalue weighted by Gasteiger charge is -2.32. The van der Waals surface area contributed by atoms with Gasteiger partial charge in [-0.15, -0.1) is 0 Å². The number of sulfonamides is 1. The molecular weight excluding hydrogens is 446 g/mol. The van der Waals surface area contributed by atoms with Gasteiger partial charge in [-0.3, -0.25) is 9.59 Å². The van der Waals surface area contributed by atoms with E-state index < -0.39 is 22.0 Å². The lowest BCUT2D eigenvalue weighted by Crippen LogP contribution is -2.44. The second kappa shape index (κ2) is 9.03. The molecule has 2 N–H and O–H groups in total. The summed E-state index contributed by atoms with van der Waals surface area (Å²) < 4.78 is 39.0. The molecule has 2 aromatic carbocycles. The average molecular weight is 474 g/mol. The maximum absolute atomic E-state index is 13.5. The minimum atomic E-state index is -3.86. The van der Waals surface area contributed by atoms with Crippen molar-refractivity contribution in [1.29, 1.82) is 0 Å². The first-order chi connectivity index (χ1) is 15.7. The van der Waals surface area contributed by atoms with Gasteiger partial charge in [0.1, 0.15) is 11.5 Å². The van der Waals surface area contributed by atoms with Crippen molar-refractivity contribution in [2.75, 3.05) is 30.8 Å². The van der Waals surface area contributed by atoms with E-state index in [2.05, 4.69) is 10.6 Å². The molecule has 2 aliphatic rings. The predicted octanol–water partition coefficient (Wildman–Crippen LogP) is 2.76. The quantitative estimate of drug-likeness (QED) is 0.690. The molecule has 2 aromatic rings. The first-order valence-electron chi connectivity index (χ1n) is 10.8. The molecule has 2 aliphatic heterocycles. The molecule has 33 heavy (non-hydrogen) atoms. The topological polar surface area (TPSA) is 114 Å². The number of carbonyl (C=O) groups excluding carboxylic acids is 2. The van der Waals surface area contributed by atoms with Gasteiger partial charge in [-0.2, -0.15) is 4.31 Å². The molecule has 2 amide bonds. The van der Waals surface area contributed by atoms with Crippen LogP contribution in [0.3, 0.4) is 0 Å². The van der Waals surface area contributed by atoms with Crippen LogP contribution in [0.2, 0.25) is 0 Å². The standard InChI is InChI=1S/C23H27N3O6S/c1-14-11-19-20(32-15(2)22(27)25-19)12-21(14)33(29,30)26-10-4-5-16(13-26)23(28)24-17-6-8-18(31-3)9-7-17/h6-9,11-12,15-16H,4-5,10,13H2,1-3H3,(H,24,28)(H,25,27)/t15-,16-/m1/s1. The molecule has 4 rings (SSSR count). The summed E-state index contributed by atoms with van der Waals surface area (Å²) in [4.78, 5) is 24.8. The predicted molar refractivity (Wildman–Crippen MR) is 123 cm³/mol. The summed E-state index contributed by atoms with van der Waals surface area (Å²) in [6.45, 7) is 3.70. The molecule has 0 spiro atoms. The summed E-state index contributed by atoms with van der Waals surface area (Å²) in [5, 5.41) is 5.59. The van der Waals surface area contributed by atoms with Crippen LogP contribution in [0.1, 0.15) is 25.3 Å². The van der Waals surface area contributed by atoms with E-state index in [0.717, 1.165) is 0 Å². The normalized spacial score (nSPS) is 20.9. The molecule has 0 radical (unpaired) electrons. The van der Waals surface area contributed by atoms with Crippen LogP contribution in [-0.2, 0) is 19.6 Å². The van der Waals surface area contributed by atoms with E-state index in [0.29, 0.717) is 47.8 Å². The van der Waals surface area contributed by atoms with Gasteiger partial charge in [-0.25, -0.2) is 8.42 Å². The third-order valence-corrected chi connectivity index (χ3v) is 7.95.